The van der Waals surface area contributed by atoms with Crippen molar-refractivity contribution < 1.29 is 9.53 Å². The van der Waals surface area contributed by atoms with Crippen LogP contribution in [0.3, 0.4) is 0 Å². The molecular formula is C14H14ClN3O2. The molecule has 20 heavy (non-hydrogen) atoms. The van der Waals surface area contributed by atoms with Gasteiger partial charge in [-0.05, 0) is 30.7 Å². The van der Waals surface area contributed by atoms with Crippen molar-refractivity contribution in [1.29, 1.82) is 0 Å². The van der Waals surface area contributed by atoms with Gasteiger partial charge in [0.05, 0.1) is 29.7 Å². The van der Waals surface area contributed by atoms with E-state index in [2.05, 4.69) is 10.3 Å². The van der Waals surface area contributed by atoms with Crippen molar-refractivity contribution in [2.75, 3.05) is 18.2 Å². The standard InChI is InChI=1S/C14H14ClN3O2/c1-8-3-4-11(15)12(5-8)18-13-10(14(19)20-2)6-9(16)7-17-13/h3-7H,16H2,1-2H3,(H,17,18). The SMILES string of the molecule is COC(=O)c1cc(N)cnc1Nc1cc(C)ccc1Cl. The van der Waals surface area contributed by atoms with Crippen molar-refractivity contribution in [2.45, 2.75) is 6.92 Å². The van der Waals surface area contributed by atoms with Crippen molar-refractivity contribution in [3.05, 3.63) is 46.6 Å². The van der Waals surface area contributed by atoms with Gasteiger partial charge < -0.3 is 15.8 Å². The zero-order chi connectivity index (χ0) is 14.7. The van der Waals surface area contributed by atoms with Crippen LogP contribution in [0.15, 0.2) is 30.5 Å². The van der Waals surface area contributed by atoms with Crippen molar-refractivity contribution in [1.82, 2.24) is 4.98 Å². The molecule has 0 saturated heterocycles. The summed E-state index contributed by atoms with van der Waals surface area (Å²) in [5, 5.41) is 3.56. The Labute approximate surface area is 121 Å². The Hall–Kier alpha value is -2.27. The number of esters is 1. The largest absolute Gasteiger partial charge is 0.465 e. The second kappa shape index (κ2) is 5.79. The summed E-state index contributed by atoms with van der Waals surface area (Å²) in [6.07, 6.45) is 1.46. The third-order valence-corrected chi connectivity index (χ3v) is 3.02. The van der Waals surface area contributed by atoms with Crippen LogP contribution in [-0.4, -0.2) is 18.1 Å². The monoisotopic (exact) mass is 291 g/mol. The highest BCUT2D eigenvalue weighted by Crippen LogP contribution is 2.28. The first-order valence-electron chi connectivity index (χ1n) is 5.88. The number of rotatable bonds is 3. The Balaban J connectivity index is 2.43. The molecule has 6 heteroatoms. The van der Waals surface area contributed by atoms with Gasteiger partial charge >= 0.3 is 5.97 Å². The number of ether oxygens (including phenoxy) is 1. The fourth-order valence-corrected chi connectivity index (χ4v) is 1.87. The van der Waals surface area contributed by atoms with Crippen LogP contribution in [0.4, 0.5) is 17.2 Å². The number of carbonyl (C=O) groups is 1. The Morgan fingerprint density at radius 2 is 2.15 bits per heavy atom. The van der Waals surface area contributed by atoms with Gasteiger partial charge in [0, 0.05) is 0 Å². The van der Waals surface area contributed by atoms with Crippen LogP contribution in [-0.2, 0) is 4.74 Å². The lowest BCUT2D eigenvalue weighted by Crippen LogP contribution is -2.08. The quantitative estimate of drug-likeness (QED) is 0.850. The van der Waals surface area contributed by atoms with E-state index in [-0.39, 0.29) is 5.56 Å². The number of methoxy groups -OCH3 is 1. The van der Waals surface area contributed by atoms with Gasteiger partial charge in [0.1, 0.15) is 11.4 Å². The number of carbonyl (C=O) groups excluding carboxylic acids is 1. The first-order valence-corrected chi connectivity index (χ1v) is 6.26. The van der Waals surface area contributed by atoms with Crippen LogP contribution < -0.4 is 11.1 Å². The fourth-order valence-electron chi connectivity index (χ4n) is 1.71. The molecule has 0 saturated carbocycles. The average molecular weight is 292 g/mol. The van der Waals surface area contributed by atoms with E-state index in [1.54, 1.807) is 6.07 Å². The van der Waals surface area contributed by atoms with Crippen molar-refractivity contribution in [3.63, 3.8) is 0 Å². The molecule has 0 fully saturated rings. The van der Waals surface area contributed by atoms with E-state index in [9.17, 15) is 4.79 Å². The van der Waals surface area contributed by atoms with E-state index in [1.165, 1.54) is 19.4 Å². The topological polar surface area (TPSA) is 77.2 Å². The Morgan fingerprint density at radius 3 is 2.85 bits per heavy atom. The van der Waals surface area contributed by atoms with Gasteiger partial charge in [-0.25, -0.2) is 9.78 Å². The number of hydrogen-bond acceptors (Lipinski definition) is 5. The van der Waals surface area contributed by atoms with Crippen LogP contribution in [0.2, 0.25) is 5.02 Å². The van der Waals surface area contributed by atoms with Gasteiger partial charge in [-0.15, -0.1) is 0 Å². The Bertz CT molecular complexity index is 659. The third kappa shape index (κ3) is 3.00. The van der Waals surface area contributed by atoms with Gasteiger partial charge in [0.2, 0.25) is 0 Å². The van der Waals surface area contributed by atoms with E-state index in [4.69, 9.17) is 22.1 Å². The van der Waals surface area contributed by atoms with Crippen molar-refractivity contribution in [2.24, 2.45) is 0 Å². The number of pyridine rings is 1. The average Bonchev–Trinajstić information content (AvgIpc) is 2.43. The predicted octanol–water partition coefficient (Wildman–Crippen LogP) is 3.16. The lowest BCUT2D eigenvalue weighted by Gasteiger charge is -2.12. The second-order valence-corrected chi connectivity index (χ2v) is 4.67. The number of aromatic nitrogens is 1. The zero-order valence-electron chi connectivity index (χ0n) is 11.1. The maximum absolute atomic E-state index is 11.7. The van der Waals surface area contributed by atoms with Gasteiger partial charge in [-0.1, -0.05) is 17.7 Å². The van der Waals surface area contributed by atoms with E-state index in [0.717, 1.165) is 5.56 Å². The number of nitrogen functional groups attached to an aromatic ring is 1. The number of nitrogens with two attached hydrogens (primary N) is 1. The summed E-state index contributed by atoms with van der Waals surface area (Å²) >= 11 is 6.11. The highest BCUT2D eigenvalue weighted by molar-refractivity contribution is 6.33. The first kappa shape index (κ1) is 14.1. The molecule has 0 atom stereocenters. The maximum Gasteiger partial charge on any atom is 0.341 e. The molecule has 5 nitrogen and oxygen atoms in total. The zero-order valence-corrected chi connectivity index (χ0v) is 11.9. The molecule has 0 spiro atoms. The molecule has 0 aliphatic carbocycles. The molecule has 2 aromatic rings. The molecule has 0 bridgehead atoms. The second-order valence-electron chi connectivity index (χ2n) is 4.26. The van der Waals surface area contributed by atoms with Crippen molar-refractivity contribution in [3.8, 4) is 0 Å². The molecule has 0 unspecified atom stereocenters. The molecule has 104 valence electrons. The minimum atomic E-state index is -0.518. The summed E-state index contributed by atoms with van der Waals surface area (Å²) < 4.78 is 4.72. The summed E-state index contributed by atoms with van der Waals surface area (Å²) in [5.74, 6) is -0.172. The lowest BCUT2D eigenvalue weighted by atomic mass is 10.2. The Morgan fingerprint density at radius 1 is 1.40 bits per heavy atom. The van der Waals surface area contributed by atoms with Gasteiger partial charge in [-0.3, -0.25) is 0 Å². The summed E-state index contributed by atoms with van der Waals surface area (Å²) in [6.45, 7) is 1.94. The number of hydrogen-bond donors (Lipinski definition) is 2. The van der Waals surface area contributed by atoms with E-state index in [1.807, 2.05) is 19.1 Å². The summed E-state index contributed by atoms with van der Waals surface area (Å²) in [5.41, 5.74) is 7.97. The number of nitrogens with zero attached hydrogens (tertiary/aromatic N) is 1. The van der Waals surface area contributed by atoms with E-state index >= 15 is 0 Å². The highest BCUT2D eigenvalue weighted by atomic mass is 35.5. The maximum atomic E-state index is 11.7. The molecule has 0 radical (unpaired) electrons. The molecule has 3 N–H and O–H groups in total. The molecule has 2 rings (SSSR count). The summed E-state index contributed by atoms with van der Waals surface area (Å²) in [6, 6.07) is 7.03. The Kier molecular flexibility index (Phi) is 4.10. The van der Waals surface area contributed by atoms with Gasteiger partial charge in [0.15, 0.2) is 0 Å². The predicted molar refractivity (Wildman–Crippen MR) is 79.5 cm³/mol. The number of halogens is 1. The molecule has 0 aliphatic rings. The number of nitrogens with one attached hydrogen (secondary N) is 1. The number of benzene rings is 1. The van der Waals surface area contributed by atoms with Gasteiger partial charge in [-0.2, -0.15) is 0 Å². The lowest BCUT2D eigenvalue weighted by molar-refractivity contribution is 0.0601. The number of anilines is 3. The van der Waals surface area contributed by atoms with E-state index in [0.29, 0.717) is 22.2 Å². The van der Waals surface area contributed by atoms with Crippen LogP contribution in [0.25, 0.3) is 0 Å². The van der Waals surface area contributed by atoms with Crippen LogP contribution in [0.5, 0.6) is 0 Å². The third-order valence-electron chi connectivity index (χ3n) is 2.69. The van der Waals surface area contributed by atoms with Crippen LogP contribution >= 0.6 is 11.6 Å². The highest BCUT2D eigenvalue weighted by Gasteiger charge is 2.15. The molecular weight excluding hydrogens is 278 g/mol. The number of aryl methyl sites for hydroxylation is 1. The minimum Gasteiger partial charge on any atom is -0.465 e. The summed E-state index contributed by atoms with van der Waals surface area (Å²) in [7, 11) is 1.30. The molecule has 1 aromatic carbocycles. The first-order chi connectivity index (χ1) is 9.51. The van der Waals surface area contributed by atoms with Crippen LogP contribution in [0, 0.1) is 6.92 Å². The summed E-state index contributed by atoms with van der Waals surface area (Å²) in [4.78, 5) is 15.9. The molecule has 0 amide bonds. The molecule has 1 heterocycles. The van der Waals surface area contributed by atoms with Crippen LogP contribution in [0.1, 0.15) is 15.9 Å². The minimum absolute atomic E-state index is 0.255. The normalized spacial score (nSPS) is 10.2. The van der Waals surface area contributed by atoms with E-state index < -0.39 is 5.97 Å². The molecule has 1 aromatic heterocycles. The fraction of sp³-hybridized carbons (Fsp3) is 0.143. The van der Waals surface area contributed by atoms with Gasteiger partial charge in [0.25, 0.3) is 0 Å². The smallest absolute Gasteiger partial charge is 0.341 e. The van der Waals surface area contributed by atoms with Crippen molar-refractivity contribution >= 4 is 34.8 Å². The molecule has 0 aliphatic heterocycles.